The Hall–Kier alpha value is -1.75. The Kier molecular flexibility index (Phi) is 5.55. The third-order valence-electron chi connectivity index (χ3n) is 6.69. The molecular weight excluding hydrogens is 368 g/mol. The fourth-order valence-electron chi connectivity index (χ4n) is 4.86. The van der Waals surface area contributed by atoms with Crippen LogP contribution in [0.3, 0.4) is 0 Å². The van der Waals surface area contributed by atoms with Crippen LogP contribution in [0.25, 0.3) is 10.8 Å². The summed E-state index contributed by atoms with van der Waals surface area (Å²) in [6.07, 6.45) is 9.53. The molecule has 0 N–H and O–H groups in total. The highest BCUT2D eigenvalue weighted by molar-refractivity contribution is 7.93. The van der Waals surface area contributed by atoms with Crippen LogP contribution in [0.15, 0.2) is 57.6 Å². The summed E-state index contributed by atoms with van der Waals surface area (Å²) in [5, 5.41) is 11.0. The summed E-state index contributed by atoms with van der Waals surface area (Å²) < 4.78 is 28.0. The van der Waals surface area contributed by atoms with Gasteiger partial charge in [0.05, 0.1) is 10.9 Å². The van der Waals surface area contributed by atoms with Gasteiger partial charge in [-0.05, 0) is 44.1 Å². The maximum Gasteiger partial charge on any atom is 0.206 e. The van der Waals surface area contributed by atoms with Gasteiger partial charge in [-0.3, -0.25) is 0 Å². The lowest BCUT2D eigenvalue weighted by Gasteiger charge is -2.35. The van der Waals surface area contributed by atoms with E-state index in [0.29, 0.717) is 4.90 Å². The quantitative estimate of drug-likeness (QED) is 0.554. The van der Waals surface area contributed by atoms with Gasteiger partial charge in [-0.2, -0.15) is 10.2 Å². The van der Waals surface area contributed by atoms with Crippen molar-refractivity contribution in [1.82, 2.24) is 0 Å². The molecule has 4 rings (SSSR count). The molecule has 0 bridgehead atoms. The molecule has 0 radical (unpaired) electrons. The number of rotatable bonds is 5. The van der Waals surface area contributed by atoms with Crippen molar-refractivity contribution in [1.29, 1.82) is 0 Å². The van der Waals surface area contributed by atoms with Gasteiger partial charge in [0, 0.05) is 11.3 Å². The van der Waals surface area contributed by atoms with Gasteiger partial charge < -0.3 is 0 Å². The Labute approximate surface area is 168 Å². The number of nitrogens with zero attached hydrogens (tertiary/aromatic N) is 2. The molecular formula is C23H30N2O2S. The van der Waals surface area contributed by atoms with E-state index in [4.69, 9.17) is 0 Å². The van der Waals surface area contributed by atoms with Gasteiger partial charge in [0.15, 0.2) is 4.87 Å². The lowest BCUT2D eigenvalue weighted by molar-refractivity contribution is 0.275. The molecule has 0 aromatic heterocycles. The molecule has 2 aromatic rings. The summed E-state index contributed by atoms with van der Waals surface area (Å²) in [6.45, 7) is 1.82. The first-order valence-electron chi connectivity index (χ1n) is 10.7. The van der Waals surface area contributed by atoms with Gasteiger partial charge in [-0.1, -0.05) is 68.5 Å². The summed E-state index contributed by atoms with van der Waals surface area (Å²) in [4.78, 5) is -0.802. The van der Waals surface area contributed by atoms with Crippen molar-refractivity contribution >= 4 is 20.6 Å². The Morgan fingerprint density at radius 1 is 0.857 bits per heavy atom. The van der Waals surface area contributed by atoms with E-state index in [1.807, 2.05) is 43.3 Å². The molecule has 1 atom stereocenters. The second-order valence-electron chi connectivity index (χ2n) is 8.52. The molecule has 4 nitrogen and oxygen atoms in total. The first-order chi connectivity index (χ1) is 13.5. The van der Waals surface area contributed by atoms with Crippen LogP contribution in [0, 0.1) is 5.92 Å². The summed E-state index contributed by atoms with van der Waals surface area (Å²) in [5.74, 6) is 0.0235. The van der Waals surface area contributed by atoms with E-state index in [9.17, 15) is 8.42 Å². The molecule has 2 aromatic carbocycles. The lowest BCUT2D eigenvalue weighted by Crippen LogP contribution is -2.42. The van der Waals surface area contributed by atoms with Gasteiger partial charge >= 0.3 is 0 Å². The molecule has 2 fully saturated rings. The molecule has 5 heteroatoms. The van der Waals surface area contributed by atoms with Crippen LogP contribution in [0.2, 0.25) is 0 Å². The molecule has 2 aliphatic carbocycles. The van der Waals surface area contributed by atoms with Crippen LogP contribution in [0.1, 0.15) is 64.7 Å². The van der Waals surface area contributed by atoms with Crippen molar-refractivity contribution in [3.63, 3.8) is 0 Å². The van der Waals surface area contributed by atoms with E-state index >= 15 is 0 Å². The zero-order valence-corrected chi connectivity index (χ0v) is 17.5. The highest BCUT2D eigenvalue weighted by atomic mass is 32.2. The molecule has 150 valence electrons. The number of benzene rings is 2. The highest BCUT2D eigenvalue weighted by Crippen LogP contribution is 2.43. The van der Waals surface area contributed by atoms with Crippen LogP contribution >= 0.6 is 0 Å². The Balaban J connectivity index is 1.81. The van der Waals surface area contributed by atoms with Crippen molar-refractivity contribution in [3.8, 4) is 0 Å². The number of sulfone groups is 1. The van der Waals surface area contributed by atoms with Crippen LogP contribution in [0.4, 0.5) is 0 Å². The fourth-order valence-corrected chi connectivity index (χ4v) is 6.87. The van der Waals surface area contributed by atoms with Crippen LogP contribution < -0.4 is 0 Å². The van der Waals surface area contributed by atoms with Crippen molar-refractivity contribution in [2.24, 2.45) is 16.1 Å². The first kappa shape index (κ1) is 19.6. The molecule has 0 heterocycles. The maximum atomic E-state index is 14.0. The summed E-state index contributed by atoms with van der Waals surface area (Å²) >= 11 is 0. The van der Waals surface area contributed by atoms with Crippen LogP contribution in [-0.2, 0) is 9.84 Å². The van der Waals surface area contributed by atoms with E-state index in [1.54, 1.807) is 6.07 Å². The minimum Gasteiger partial charge on any atom is -0.221 e. The highest BCUT2D eigenvalue weighted by Gasteiger charge is 2.48. The third kappa shape index (κ3) is 3.49. The fraction of sp³-hybridized carbons (Fsp3) is 0.565. The minimum absolute atomic E-state index is 0.0235. The average Bonchev–Trinajstić information content (AvgIpc) is 3.26. The molecule has 2 saturated carbocycles. The van der Waals surface area contributed by atoms with Crippen molar-refractivity contribution < 1.29 is 8.42 Å². The zero-order valence-electron chi connectivity index (χ0n) is 16.7. The summed E-state index contributed by atoms with van der Waals surface area (Å²) in [6, 6.07) is 13.4. The predicted octanol–water partition coefficient (Wildman–Crippen LogP) is 6.30. The minimum atomic E-state index is -3.68. The monoisotopic (exact) mass is 398 g/mol. The molecule has 0 saturated heterocycles. The molecule has 0 aliphatic heterocycles. The van der Waals surface area contributed by atoms with Crippen molar-refractivity contribution in [3.05, 3.63) is 42.5 Å². The molecule has 0 spiro atoms. The van der Waals surface area contributed by atoms with E-state index in [2.05, 4.69) is 10.2 Å². The van der Waals surface area contributed by atoms with Crippen LogP contribution in [0.5, 0.6) is 0 Å². The Bertz CT molecular complexity index is 952. The van der Waals surface area contributed by atoms with Gasteiger partial charge in [0.25, 0.3) is 0 Å². The third-order valence-corrected chi connectivity index (χ3v) is 9.13. The molecule has 0 amide bonds. The number of azo groups is 1. The van der Waals surface area contributed by atoms with E-state index in [0.717, 1.165) is 49.3 Å². The lowest BCUT2D eigenvalue weighted by atomic mass is 9.84. The SMILES string of the molecule is CC(/N=N/C1CCCC1)(C1CCCCC1)S(=O)(=O)c1cccc2ccccc12. The van der Waals surface area contributed by atoms with Gasteiger partial charge in [-0.25, -0.2) is 8.42 Å². The first-order valence-corrected chi connectivity index (χ1v) is 12.1. The number of fused-ring (bicyclic) bond motifs is 1. The van der Waals surface area contributed by atoms with Gasteiger partial charge in [0.2, 0.25) is 9.84 Å². The van der Waals surface area contributed by atoms with E-state index < -0.39 is 14.7 Å². The van der Waals surface area contributed by atoms with Gasteiger partial charge in [0.1, 0.15) is 0 Å². The summed E-state index contributed by atoms with van der Waals surface area (Å²) in [7, 11) is -3.68. The molecule has 1 unspecified atom stereocenters. The predicted molar refractivity (Wildman–Crippen MR) is 113 cm³/mol. The van der Waals surface area contributed by atoms with Crippen molar-refractivity contribution in [2.75, 3.05) is 0 Å². The second-order valence-corrected chi connectivity index (χ2v) is 10.8. The molecule has 2 aliphatic rings. The standard InChI is InChI=1S/C23H30N2O2S/c1-23(19-12-3-2-4-13-19,25-24-20-14-6-7-15-20)28(26,27)22-17-9-11-18-10-5-8-16-21(18)22/h5,8-11,16-17,19-20H,2-4,6-7,12-15H2,1H3/b25-24+. The zero-order chi connectivity index (χ0) is 19.6. The summed E-state index contributed by atoms with van der Waals surface area (Å²) in [5.41, 5.74) is 0. The van der Waals surface area contributed by atoms with Crippen molar-refractivity contribution in [2.45, 2.75) is 80.5 Å². The topological polar surface area (TPSA) is 58.9 Å². The van der Waals surface area contributed by atoms with E-state index in [1.165, 1.54) is 19.3 Å². The smallest absolute Gasteiger partial charge is 0.206 e. The van der Waals surface area contributed by atoms with Gasteiger partial charge in [-0.15, -0.1) is 0 Å². The molecule has 28 heavy (non-hydrogen) atoms. The number of hydrogen-bond donors (Lipinski definition) is 0. The second kappa shape index (κ2) is 7.94. The van der Waals surface area contributed by atoms with E-state index in [-0.39, 0.29) is 12.0 Å². The van der Waals surface area contributed by atoms with Crippen LogP contribution in [-0.4, -0.2) is 19.3 Å². The normalized spacial score (nSPS) is 22.0. The maximum absolute atomic E-state index is 14.0. The Morgan fingerprint density at radius 2 is 1.50 bits per heavy atom. The Morgan fingerprint density at radius 3 is 2.25 bits per heavy atom. The largest absolute Gasteiger partial charge is 0.221 e. The number of hydrogen-bond acceptors (Lipinski definition) is 4. The average molecular weight is 399 g/mol.